The smallest absolute Gasteiger partial charge is 0.401 e. The summed E-state index contributed by atoms with van der Waals surface area (Å²) in [4.78, 5) is 26.9. The first kappa shape index (κ1) is 14.7. The largest absolute Gasteiger partial charge is 0.433 e. The van der Waals surface area contributed by atoms with Crippen molar-refractivity contribution in [1.29, 1.82) is 0 Å². The van der Waals surface area contributed by atoms with E-state index in [0.29, 0.717) is 29.0 Å². The number of fused-ring (bicyclic) bond motifs is 1. The molecule has 3 rings (SSSR count). The van der Waals surface area contributed by atoms with Crippen molar-refractivity contribution in [2.45, 2.75) is 13.5 Å². The molecule has 0 spiro atoms. The minimum absolute atomic E-state index is 0.122. The maximum absolute atomic E-state index is 12.5. The van der Waals surface area contributed by atoms with E-state index in [0.717, 1.165) is 0 Å². The average molecular weight is 311 g/mol. The molecule has 0 fully saturated rings. The lowest BCUT2D eigenvalue weighted by atomic mass is 10.2. The standard InChI is InChI=1S/C16H13N3O4/c1-2-18-14(9-7-11-8-10-15(23-11)19(21)22)17-13-6-4-3-5-12(13)16(18)20/h3-10H,2H2,1H3. The van der Waals surface area contributed by atoms with E-state index >= 15 is 0 Å². The summed E-state index contributed by atoms with van der Waals surface area (Å²) in [5.74, 6) is 0.459. The third-order valence-corrected chi connectivity index (χ3v) is 3.40. The number of nitrogens with zero attached hydrogens (tertiary/aromatic N) is 3. The molecule has 116 valence electrons. The number of benzene rings is 1. The van der Waals surface area contributed by atoms with Crippen LogP contribution in [-0.4, -0.2) is 14.5 Å². The Kier molecular flexibility index (Phi) is 3.76. The van der Waals surface area contributed by atoms with Gasteiger partial charge in [0.25, 0.3) is 5.56 Å². The van der Waals surface area contributed by atoms with E-state index in [2.05, 4.69) is 4.98 Å². The van der Waals surface area contributed by atoms with Gasteiger partial charge in [0.15, 0.2) is 0 Å². The number of hydrogen-bond acceptors (Lipinski definition) is 5. The minimum atomic E-state index is -0.604. The van der Waals surface area contributed by atoms with Gasteiger partial charge in [0.05, 0.1) is 17.0 Å². The van der Waals surface area contributed by atoms with Crippen LogP contribution in [0, 0.1) is 10.1 Å². The molecular weight excluding hydrogens is 298 g/mol. The Bertz CT molecular complexity index is 969. The van der Waals surface area contributed by atoms with E-state index in [1.165, 1.54) is 16.7 Å². The van der Waals surface area contributed by atoms with Crippen LogP contribution >= 0.6 is 0 Å². The zero-order valence-corrected chi connectivity index (χ0v) is 12.3. The van der Waals surface area contributed by atoms with Crippen LogP contribution in [0.4, 0.5) is 5.88 Å². The molecule has 0 bridgehead atoms. The lowest BCUT2D eigenvalue weighted by Gasteiger charge is -2.08. The maximum atomic E-state index is 12.5. The van der Waals surface area contributed by atoms with E-state index in [4.69, 9.17) is 4.42 Å². The lowest BCUT2D eigenvalue weighted by Crippen LogP contribution is -2.22. The summed E-state index contributed by atoms with van der Waals surface area (Å²) >= 11 is 0. The second-order valence-corrected chi connectivity index (χ2v) is 4.80. The first-order valence-electron chi connectivity index (χ1n) is 7.02. The van der Waals surface area contributed by atoms with Crippen molar-refractivity contribution in [1.82, 2.24) is 9.55 Å². The Hall–Kier alpha value is -3.22. The van der Waals surface area contributed by atoms with Gasteiger partial charge in [-0.15, -0.1) is 0 Å². The lowest BCUT2D eigenvalue weighted by molar-refractivity contribution is -0.402. The molecule has 0 radical (unpaired) electrons. The maximum Gasteiger partial charge on any atom is 0.433 e. The molecule has 0 unspecified atom stereocenters. The highest BCUT2D eigenvalue weighted by Crippen LogP contribution is 2.18. The molecule has 0 aliphatic heterocycles. The molecule has 0 saturated carbocycles. The fourth-order valence-corrected chi connectivity index (χ4v) is 2.30. The van der Waals surface area contributed by atoms with Crippen LogP contribution in [0.25, 0.3) is 23.1 Å². The second kappa shape index (κ2) is 5.88. The van der Waals surface area contributed by atoms with Gasteiger partial charge in [0.1, 0.15) is 16.5 Å². The average Bonchev–Trinajstić information content (AvgIpc) is 3.02. The van der Waals surface area contributed by atoms with Crippen LogP contribution in [-0.2, 0) is 6.54 Å². The van der Waals surface area contributed by atoms with Crippen LogP contribution in [0.3, 0.4) is 0 Å². The van der Waals surface area contributed by atoms with Gasteiger partial charge in [-0.25, -0.2) is 4.98 Å². The third-order valence-electron chi connectivity index (χ3n) is 3.40. The normalized spacial score (nSPS) is 11.3. The van der Waals surface area contributed by atoms with E-state index in [1.54, 1.807) is 30.4 Å². The van der Waals surface area contributed by atoms with Gasteiger partial charge in [0, 0.05) is 6.54 Å². The zero-order valence-electron chi connectivity index (χ0n) is 12.3. The summed E-state index contributed by atoms with van der Waals surface area (Å²) in [6.45, 7) is 2.32. The number of rotatable bonds is 4. The number of para-hydroxylation sites is 1. The van der Waals surface area contributed by atoms with Crippen molar-refractivity contribution in [3.05, 3.63) is 68.5 Å². The highest BCUT2D eigenvalue weighted by molar-refractivity contribution is 5.79. The molecule has 1 aromatic carbocycles. The van der Waals surface area contributed by atoms with Crippen molar-refractivity contribution in [2.24, 2.45) is 0 Å². The van der Waals surface area contributed by atoms with Crippen molar-refractivity contribution >= 4 is 28.9 Å². The van der Waals surface area contributed by atoms with Gasteiger partial charge in [-0.3, -0.25) is 19.5 Å². The molecule has 7 heteroatoms. The number of furan rings is 1. The van der Waals surface area contributed by atoms with Crippen LogP contribution in [0.5, 0.6) is 0 Å². The molecule has 2 heterocycles. The molecule has 0 atom stereocenters. The molecule has 0 aliphatic carbocycles. The first-order chi connectivity index (χ1) is 11.1. The monoisotopic (exact) mass is 311 g/mol. The van der Waals surface area contributed by atoms with Gasteiger partial charge >= 0.3 is 5.88 Å². The van der Waals surface area contributed by atoms with Gasteiger partial charge in [-0.2, -0.15) is 0 Å². The Morgan fingerprint density at radius 3 is 2.74 bits per heavy atom. The van der Waals surface area contributed by atoms with E-state index < -0.39 is 4.92 Å². The van der Waals surface area contributed by atoms with E-state index in [1.807, 2.05) is 13.0 Å². The Morgan fingerprint density at radius 2 is 2.04 bits per heavy atom. The first-order valence-corrected chi connectivity index (χ1v) is 7.02. The number of aromatic nitrogens is 2. The predicted molar refractivity (Wildman–Crippen MR) is 86.0 cm³/mol. The minimum Gasteiger partial charge on any atom is -0.401 e. The molecule has 7 nitrogen and oxygen atoms in total. The fourth-order valence-electron chi connectivity index (χ4n) is 2.30. The number of hydrogen-bond donors (Lipinski definition) is 0. The molecule has 0 saturated heterocycles. The quantitative estimate of drug-likeness (QED) is 0.545. The fraction of sp³-hybridized carbons (Fsp3) is 0.125. The molecule has 23 heavy (non-hydrogen) atoms. The molecule has 0 aliphatic rings. The summed E-state index contributed by atoms with van der Waals surface area (Å²) in [6, 6.07) is 9.88. The third kappa shape index (κ3) is 2.76. The highest BCUT2D eigenvalue weighted by Gasteiger charge is 2.11. The molecule has 3 aromatic rings. The summed E-state index contributed by atoms with van der Waals surface area (Å²) in [7, 11) is 0. The van der Waals surface area contributed by atoms with Gasteiger partial charge in [0.2, 0.25) is 0 Å². The Balaban J connectivity index is 2.06. The van der Waals surface area contributed by atoms with Crippen LogP contribution in [0.15, 0.2) is 45.6 Å². The summed E-state index contributed by atoms with van der Waals surface area (Å²) in [5.41, 5.74) is 0.482. The molecule has 0 amide bonds. The second-order valence-electron chi connectivity index (χ2n) is 4.80. The summed E-state index contributed by atoms with van der Waals surface area (Å²) in [5, 5.41) is 11.2. The van der Waals surface area contributed by atoms with Crippen LogP contribution < -0.4 is 5.56 Å². The molecular formula is C16H13N3O4. The van der Waals surface area contributed by atoms with Crippen LogP contribution in [0.2, 0.25) is 0 Å². The van der Waals surface area contributed by atoms with Gasteiger partial charge < -0.3 is 4.42 Å². The van der Waals surface area contributed by atoms with Crippen molar-refractivity contribution in [2.75, 3.05) is 0 Å². The Morgan fingerprint density at radius 1 is 1.26 bits per heavy atom. The van der Waals surface area contributed by atoms with Crippen molar-refractivity contribution < 1.29 is 9.34 Å². The Labute approximate surface area is 130 Å². The van der Waals surface area contributed by atoms with Crippen LogP contribution in [0.1, 0.15) is 18.5 Å². The van der Waals surface area contributed by atoms with E-state index in [9.17, 15) is 14.9 Å². The topological polar surface area (TPSA) is 91.2 Å². The summed E-state index contributed by atoms with van der Waals surface area (Å²) < 4.78 is 6.59. The molecule has 2 aromatic heterocycles. The van der Waals surface area contributed by atoms with Gasteiger partial charge in [-0.05, 0) is 37.3 Å². The van der Waals surface area contributed by atoms with E-state index in [-0.39, 0.29) is 11.4 Å². The van der Waals surface area contributed by atoms with Crippen molar-refractivity contribution in [3.8, 4) is 0 Å². The predicted octanol–water partition coefficient (Wildman–Crippen LogP) is 3.09. The SMILES string of the molecule is CCn1c(C=Cc2ccc([N+](=O)[O-])o2)nc2ccccc2c1=O. The number of nitro groups is 1. The highest BCUT2D eigenvalue weighted by atomic mass is 16.6. The molecule has 0 N–H and O–H groups in total. The summed E-state index contributed by atoms with van der Waals surface area (Å²) in [6.07, 6.45) is 3.16. The van der Waals surface area contributed by atoms with Crippen molar-refractivity contribution in [3.63, 3.8) is 0 Å². The zero-order chi connectivity index (χ0) is 16.4. The van der Waals surface area contributed by atoms with Gasteiger partial charge in [-0.1, -0.05) is 12.1 Å².